The van der Waals surface area contributed by atoms with Crippen molar-refractivity contribution in [2.75, 3.05) is 24.5 Å². The normalized spacial score (nSPS) is 18.2. The van der Waals surface area contributed by atoms with Crippen molar-refractivity contribution in [1.29, 1.82) is 0 Å². The van der Waals surface area contributed by atoms with Crippen LogP contribution in [0.15, 0.2) is 66.7 Å². The summed E-state index contributed by atoms with van der Waals surface area (Å²) < 4.78 is 0. The van der Waals surface area contributed by atoms with E-state index >= 15 is 0 Å². The lowest BCUT2D eigenvalue weighted by molar-refractivity contribution is 0.169. The van der Waals surface area contributed by atoms with Crippen LogP contribution in [-0.2, 0) is 6.42 Å². The molecule has 1 aliphatic heterocycles. The number of anilines is 1. The standard InChI is InChI=1S/C25H24Cl4N2/c1-17(14-18-2-6-20(26)7-3-18)30-12-13-31(24-11-10-22(28)15-23(24)29)25(16-30)19-4-8-21(27)9-5-19/h2-11,15,17,25H,12-14,16H2,1H3/t17?,25-/m0/s1. The Kier molecular flexibility index (Phi) is 7.36. The quantitative estimate of drug-likeness (QED) is 0.357. The molecule has 31 heavy (non-hydrogen) atoms. The Balaban J connectivity index is 1.59. The number of nitrogens with zero attached hydrogens (tertiary/aromatic N) is 2. The molecule has 0 aromatic heterocycles. The maximum absolute atomic E-state index is 6.59. The van der Waals surface area contributed by atoms with Crippen LogP contribution in [0.1, 0.15) is 24.1 Å². The molecule has 3 aromatic carbocycles. The van der Waals surface area contributed by atoms with Gasteiger partial charge in [-0.2, -0.15) is 0 Å². The lowest BCUT2D eigenvalue weighted by Gasteiger charge is -2.45. The summed E-state index contributed by atoms with van der Waals surface area (Å²) >= 11 is 24.9. The van der Waals surface area contributed by atoms with Gasteiger partial charge in [0.1, 0.15) is 0 Å². The number of hydrogen-bond acceptors (Lipinski definition) is 2. The largest absolute Gasteiger partial charge is 0.361 e. The first-order valence-corrected chi connectivity index (χ1v) is 11.9. The minimum Gasteiger partial charge on any atom is -0.361 e. The van der Waals surface area contributed by atoms with Crippen LogP contribution in [0.25, 0.3) is 0 Å². The summed E-state index contributed by atoms with van der Waals surface area (Å²) in [6.07, 6.45) is 0.978. The van der Waals surface area contributed by atoms with Crippen LogP contribution in [0.2, 0.25) is 20.1 Å². The molecular weight excluding hydrogens is 470 g/mol. The maximum Gasteiger partial charge on any atom is 0.0670 e. The molecule has 2 nitrogen and oxygen atoms in total. The van der Waals surface area contributed by atoms with Gasteiger partial charge in [0.15, 0.2) is 0 Å². The van der Waals surface area contributed by atoms with Gasteiger partial charge >= 0.3 is 0 Å². The molecule has 1 unspecified atom stereocenters. The van der Waals surface area contributed by atoms with Crippen LogP contribution < -0.4 is 4.90 Å². The highest BCUT2D eigenvalue weighted by atomic mass is 35.5. The second kappa shape index (κ2) is 10.0. The number of rotatable bonds is 5. The first kappa shape index (κ1) is 22.8. The predicted octanol–water partition coefficient (Wildman–Crippen LogP) is 7.79. The van der Waals surface area contributed by atoms with Crippen molar-refractivity contribution in [3.05, 3.63) is 97.9 Å². The number of hydrogen-bond donors (Lipinski definition) is 0. The average Bonchev–Trinajstić information content (AvgIpc) is 2.76. The van der Waals surface area contributed by atoms with E-state index in [0.29, 0.717) is 16.1 Å². The molecule has 1 fully saturated rings. The molecule has 4 rings (SSSR count). The molecule has 2 atom stereocenters. The van der Waals surface area contributed by atoms with E-state index < -0.39 is 0 Å². The first-order chi connectivity index (χ1) is 14.9. The fourth-order valence-electron chi connectivity index (χ4n) is 4.27. The van der Waals surface area contributed by atoms with Crippen molar-refractivity contribution in [1.82, 2.24) is 4.90 Å². The zero-order chi connectivity index (χ0) is 22.0. The molecule has 0 N–H and O–H groups in total. The van der Waals surface area contributed by atoms with E-state index in [2.05, 4.69) is 41.0 Å². The van der Waals surface area contributed by atoms with Crippen LogP contribution in [0.4, 0.5) is 5.69 Å². The van der Waals surface area contributed by atoms with Crippen LogP contribution in [-0.4, -0.2) is 30.6 Å². The van der Waals surface area contributed by atoms with Gasteiger partial charge in [0.25, 0.3) is 0 Å². The van der Waals surface area contributed by atoms with Gasteiger partial charge in [0.2, 0.25) is 0 Å². The molecule has 0 amide bonds. The zero-order valence-electron chi connectivity index (χ0n) is 17.2. The Morgan fingerprint density at radius 2 is 1.42 bits per heavy atom. The smallest absolute Gasteiger partial charge is 0.0670 e. The van der Waals surface area contributed by atoms with Crippen molar-refractivity contribution in [3.8, 4) is 0 Å². The van der Waals surface area contributed by atoms with E-state index in [-0.39, 0.29) is 6.04 Å². The highest BCUT2D eigenvalue weighted by molar-refractivity contribution is 6.36. The average molecular weight is 494 g/mol. The molecule has 1 heterocycles. The van der Waals surface area contributed by atoms with Gasteiger partial charge in [-0.3, -0.25) is 4.90 Å². The van der Waals surface area contributed by atoms with E-state index in [4.69, 9.17) is 46.4 Å². The van der Waals surface area contributed by atoms with Crippen molar-refractivity contribution in [2.24, 2.45) is 0 Å². The van der Waals surface area contributed by atoms with Gasteiger partial charge in [-0.1, -0.05) is 70.7 Å². The second-order valence-corrected chi connectivity index (χ2v) is 9.75. The van der Waals surface area contributed by atoms with Gasteiger partial charge in [0, 0.05) is 40.7 Å². The Hall–Kier alpha value is -1.42. The number of halogens is 4. The minimum atomic E-state index is 0.164. The van der Waals surface area contributed by atoms with E-state index in [1.807, 2.05) is 42.5 Å². The van der Waals surface area contributed by atoms with Gasteiger partial charge in [-0.15, -0.1) is 0 Å². The molecule has 162 valence electrons. The molecule has 6 heteroatoms. The fourth-order valence-corrected chi connectivity index (χ4v) is 5.04. The van der Waals surface area contributed by atoms with E-state index in [0.717, 1.165) is 41.8 Å². The number of piperazine rings is 1. The van der Waals surface area contributed by atoms with Crippen molar-refractivity contribution in [3.63, 3.8) is 0 Å². The third-order valence-corrected chi connectivity index (χ3v) is 7.00. The Morgan fingerprint density at radius 1 is 0.806 bits per heavy atom. The molecule has 3 aromatic rings. The molecule has 1 saturated heterocycles. The second-order valence-electron chi connectivity index (χ2n) is 8.03. The SMILES string of the molecule is CC(Cc1ccc(Cl)cc1)N1CCN(c2ccc(Cl)cc2Cl)[C@H](c2ccc(Cl)cc2)C1. The van der Waals surface area contributed by atoms with E-state index in [9.17, 15) is 0 Å². The topological polar surface area (TPSA) is 6.48 Å². The van der Waals surface area contributed by atoms with Crippen LogP contribution in [0.5, 0.6) is 0 Å². The van der Waals surface area contributed by atoms with E-state index in [1.165, 1.54) is 11.1 Å². The summed E-state index contributed by atoms with van der Waals surface area (Å²) in [6.45, 7) is 5.02. The summed E-state index contributed by atoms with van der Waals surface area (Å²) in [7, 11) is 0. The molecule has 0 radical (unpaired) electrons. The summed E-state index contributed by atoms with van der Waals surface area (Å²) in [5.41, 5.74) is 3.53. The van der Waals surface area contributed by atoms with Crippen molar-refractivity contribution >= 4 is 52.1 Å². The Labute approximate surface area is 204 Å². The monoisotopic (exact) mass is 492 g/mol. The molecule has 0 saturated carbocycles. The molecule has 0 spiro atoms. The lowest BCUT2D eigenvalue weighted by atomic mass is 9.98. The van der Waals surface area contributed by atoms with Gasteiger partial charge in [0.05, 0.1) is 16.8 Å². The molecule has 0 aliphatic carbocycles. The summed E-state index contributed by atoms with van der Waals surface area (Å²) in [5, 5.41) is 2.83. The summed E-state index contributed by atoms with van der Waals surface area (Å²) in [5.74, 6) is 0. The van der Waals surface area contributed by atoms with Crippen molar-refractivity contribution < 1.29 is 0 Å². The molecule has 0 bridgehead atoms. The van der Waals surface area contributed by atoms with Gasteiger partial charge in [-0.05, 0) is 66.9 Å². The highest BCUT2D eigenvalue weighted by Gasteiger charge is 2.31. The summed E-state index contributed by atoms with van der Waals surface area (Å²) in [6, 6.07) is 22.6. The third kappa shape index (κ3) is 5.50. The molecule has 1 aliphatic rings. The predicted molar refractivity (Wildman–Crippen MR) is 134 cm³/mol. The lowest BCUT2D eigenvalue weighted by Crippen LogP contribution is -2.52. The van der Waals surface area contributed by atoms with Gasteiger partial charge in [-0.25, -0.2) is 0 Å². The fraction of sp³-hybridized carbons (Fsp3) is 0.280. The Bertz CT molecular complexity index is 1020. The van der Waals surface area contributed by atoms with Crippen LogP contribution in [0, 0.1) is 0 Å². The summed E-state index contributed by atoms with van der Waals surface area (Å²) in [4.78, 5) is 4.93. The van der Waals surface area contributed by atoms with Crippen LogP contribution >= 0.6 is 46.4 Å². The first-order valence-electron chi connectivity index (χ1n) is 10.4. The number of benzene rings is 3. The van der Waals surface area contributed by atoms with Crippen LogP contribution in [0.3, 0.4) is 0 Å². The molecular formula is C25H24Cl4N2. The van der Waals surface area contributed by atoms with Crippen molar-refractivity contribution in [2.45, 2.75) is 25.4 Å². The zero-order valence-corrected chi connectivity index (χ0v) is 20.3. The minimum absolute atomic E-state index is 0.164. The third-order valence-electron chi connectivity index (χ3n) is 5.95. The van der Waals surface area contributed by atoms with Gasteiger partial charge < -0.3 is 4.90 Å². The Morgan fingerprint density at radius 3 is 2.06 bits per heavy atom. The van der Waals surface area contributed by atoms with E-state index in [1.54, 1.807) is 0 Å². The maximum atomic E-state index is 6.59. The highest BCUT2D eigenvalue weighted by Crippen LogP contribution is 2.37.